The van der Waals surface area contributed by atoms with E-state index < -0.39 is 0 Å². The van der Waals surface area contributed by atoms with Gasteiger partial charge in [0.05, 0.1) is 0 Å². The number of rotatable bonds is 3. The van der Waals surface area contributed by atoms with Crippen LogP contribution in [0.5, 0.6) is 0 Å². The number of nitrogens with one attached hydrogen (secondary N) is 1. The summed E-state index contributed by atoms with van der Waals surface area (Å²) < 4.78 is 5.24. The molecule has 2 aliphatic rings. The molecule has 2 amide bonds. The van der Waals surface area contributed by atoms with Crippen molar-refractivity contribution in [2.75, 3.05) is 31.5 Å². The van der Waals surface area contributed by atoms with Crippen molar-refractivity contribution in [1.29, 1.82) is 0 Å². The summed E-state index contributed by atoms with van der Waals surface area (Å²) in [4.78, 5) is 21.2. The Hall–Kier alpha value is -2.41. The lowest BCUT2D eigenvalue weighted by atomic mass is 10.1. The molecule has 0 aliphatic carbocycles. The predicted molar refractivity (Wildman–Crippen MR) is 94.3 cm³/mol. The summed E-state index contributed by atoms with van der Waals surface area (Å²) in [6.07, 6.45) is 3.19. The third kappa shape index (κ3) is 3.37. The number of amides is 2. The van der Waals surface area contributed by atoms with Crippen molar-refractivity contribution in [2.45, 2.75) is 32.2 Å². The van der Waals surface area contributed by atoms with Gasteiger partial charge in [-0.3, -0.25) is 4.90 Å². The van der Waals surface area contributed by atoms with Gasteiger partial charge < -0.3 is 14.7 Å². The van der Waals surface area contributed by atoms with Gasteiger partial charge in [0, 0.05) is 43.3 Å². The molecule has 25 heavy (non-hydrogen) atoms. The van der Waals surface area contributed by atoms with Crippen molar-refractivity contribution in [3.8, 4) is 11.5 Å². The van der Waals surface area contributed by atoms with Crippen molar-refractivity contribution < 1.29 is 9.32 Å². The van der Waals surface area contributed by atoms with Crippen molar-refractivity contribution >= 4 is 11.7 Å². The number of hydrogen-bond acceptors (Lipinski definition) is 5. The Kier molecular flexibility index (Phi) is 4.40. The monoisotopic (exact) mass is 341 g/mol. The molecule has 2 fully saturated rings. The van der Waals surface area contributed by atoms with Gasteiger partial charge in [-0.1, -0.05) is 12.1 Å². The zero-order valence-electron chi connectivity index (χ0n) is 14.4. The van der Waals surface area contributed by atoms with Gasteiger partial charge in [0.25, 0.3) is 5.89 Å². The van der Waals surface area contributed by atoms with Crippen LogP contribution in [0, 0.1) is 0 Å². The Morgan fingerprint density at radius 3 is 2.88 bits per heavy atom. The van der Waals surface area contributed by atoms with Crippen LogP contribution in [0.2, 0.25) is 0 Å². The molecule has 1 atom stereocenters. The van der Waals surface area contributed by atoms with Gasteiger partial charge >= 0.3 is 6.03 Å². The Morgan fingerprint density at radius 2 is 2.12 bits per heavy atom. The summed E-state index contributed by atoms with van der Waals surface area (Å²) >= 11 is 0. The third-order valence-electron chi connectivity index (χ3n) is 5.04. The minimum atomic E-state index is -0.0228. The van der Waals surface area contributed by atoms with Crippen LogP contribution in [0.4, 0.5) is 10.5 Å². The smallest absolute Gasteiger partial charge is 0.321 e. The molecule has 7 heteroatoms. The van der Waals surface area contributed by atoms with E-state index in [-0.39, 0.29) is 6.03 Å². The van der Waals surface area contributed by atoms with Gasteiger partial charge in [0.2, 0.25) is 0 Å². The van der Waals surface area contributed by atoms with Crippen LogP contribution in [-0.4, -0.2) is 58.2 Å². The normalized spacial score (nSPS) is 20.5. The molecule has 1 unspecified atom stereocenters. The van der Waals surface area contributed by atoms with Gasteiger partial charge in [-0.25, -0.2) is 4.79 Å². The van der Waals surface area contributed by atoms with E-state index in [1.165, 1.54) is 19.4 Å². The van der Waals surface area contributed by atoms with E-state index in [1.807, 2.05) is 36.1 Å². The first-order valence-electron chi connectivity index (χ1n) is 8.96. The summed E-state index contributed by atoms with van der Waals surface area (Å²) in [5, 5.41) is 6.89. The Bertz CT molecular complexity index is 742. The minimum Gasteiger partial charge on any atom is -0.334 e. The number of fused-ring (bicyclic) bond motifs is 1. The van der Waals surface area contributed by atoms with Crippen molar-refractivity contribution in [1.82, 2.24) is 19.9 Å². The lowest BCUT2D eigenvalue weighted by molar-refractivity contribution is 0.124. The maximum Gasteiger partial charge on any atom is 0.321 e. The molecule has 2 aromatic rings. The number of aryl methyl sites for hydroxylation is 1. The molecular weight excluding hydrogens is 318 g/mol. The van der Waals surface area contributed by atoms with Crippen LogP contribution in [0.15, 0.2) is 28.8 Å². The average molecular weight is 341 g/mol. The molecule has 7 nitrogen and oxygen atoms in total. The Labute approximate surface area is 147 Å². The summed E-state index contributed by atoms with van der Waals surface area (Å²) in [6.45, 7) is 5.76. The van der Waals surface area contributed by atoms with Gasteiger partial charge in [-0.05, 0) is 43.7 Å². The first-order valence-corrected chi connectivity index (χ1v) is 8.96. The molecule has 2 aliphatic heterocycles. The summed E-state index contributed by atoms with van der Waals surface area (Å²) in [5.41, 5.74) is 1.63. The summed E-state index contributed by atoms with van der Waals surface area (Å²) in [5.74, 6) is 1.20. The Morgan fingerprint density at radius 1 is 1.28 bits per heavy atom. The summed E-state index contributed by atoms with van der Waals surface area (Å²) in [7, 11) is 0. The molecule has 4 rings (SSSR count). The quantitative estimate of drug-likeness (QED) is 0.929. The van der Waals surface area contributed by atoms with Crippen molar-refractivity contribution in [2.24, 2.45) is 0 Å². The number of anilines is 1. The molecule has 3 heterocycles. The van der Waals surface area contributed by atoms with Gasteiger partial charge in [-0.2, -0.15) is 4.98 Å². The zero-order valence-corrected chi connectivity index (χ0v) is 14.4. The van der Waals surface area contributed by atoms with Crippen molar-refractivity contribution in [3.63, 3.8) is 0 Å². The van der Waals surface area contributed by atoms with E-state index in [0.717, 1.165) is 37.3 Å². The number of nitrogens with zero attached hydrogens (tertiary/aromatic N) is 4. The second-order valence-electron chi connectivity index (χ2n) is 6.65. The molecule has 0 saturated carbocycles. The molecule has 132 valence electrons. The largest absolute Gasteiger partial charge is 0.334 e. The van der Waals surface area contributed by atoms with E-state index >= 15 is 0 Å². The van der Waals surface area contributed by atoms with Gasteiger partial charge in [-0.15, -0.1) is 0 Å². The number of hydrogen-bond donors (Lipinski definition) is 1. The SMILES string of the molecule is CCc1noc(-c2ccc(NC(=O)N3CCN4CCCC4C3)cc2)n1. The topological polar surface area (TPSA) is 74.5 Å². The highest BCUT2D eigenvalue weighted by molar-refractivity contribution is 5.89. The fraction of sp³-hybridized carbons (Fsp3) is 0.500. The molecule has 1 aromatic heterocycles. The molecule has 0 spiro atoms. The number of urea groups is 1. The highest BCUT2D eigenvalue weighted by atomic mass is 16.5. The number of carbonyl (C=O) groups is 1. The second kappa shape index (κ2) is 6.84. The average Bonchev–Trinajstić information content (AvgIpc) is 3.30. The van der Waals surface area contributed by atoms with Crippen LogP contribution in [0.25, 0.3) is 11.5 Å². The highest BCUT2D eigenvalue weighted by Crippen LogP contribution is 2.23. The number of benzene rings is 1. The van der Waals surface area contributed by atoms with Crippen molar-refractivity contribution in [3.05, 3.63) is 30.1 Å². The molecule has 2 saturated heterocycles. The van der Waals surface area contributed by atoms with Crippen LogP contribution in [0.3, 0.4) is 0 Å². The predicted octanol–water partition coefficient (Wildman–Crippen LogP) is 2.61. The van der Waals surface area contributed by atoms with Crippen LogP contribution in [-0.2, 0) is 6.42 Å². The van der Waals surface area contributed by atoms with E-state index in [4.69, 9.17) is 4.52 Å². The lowest BCUT2D eigenvalue weighted by Gasteiger charge is -2.37. The van der Waals surface area contributed by atoms with E-state index in [2.05, 4.69) is 20.4 Å². The molecule has 0 radical (unpaired) electrons. The highest BCUT2D eigenvalue weighted by Gasteiger charge is 2.32. The Balaban J connectivity index is 1.38. The van der Waals surface area contributed by atoms with Crippen LogP contribution >= 0.6 is 0 Å². The molecule has 1 N–H and O–H groups in total. The minimum absolute atomic E-state index is 0.0228. The van der Waals surface area contributed by atoms with E-state index in [0.29, 0.717) is 17.8 Å². The molecule has 1 aromatic carbocycles. The maximum atomic E-state index is 12.5. The fourth-order valence-electron chi connectivity index (χ4n) is 3.59. The van der Waals surface area contributed by atoms with Crippen LogP contribution in [0.1, 0.15) is 25.6 Å². The fourth-order valence-corrected chi connectivity index (χ4v) is 3.59. The zero-order chi connectivity index (χ0) is 17.2. The van der Waals surface area contributed by atoms with Gasteiger partial charge in [0.1, 0.15) is 0 Å². The first-order chi connectivity index (χ1) is 12.2. The van der Waals surface area contributed by atoms with Gasteiger partial charge in [0.15, 0.2) is 5.82 Å². The van der Waals surface area contributed by atoms with E-state index in [1.54, 1.807) is 0 Å². The second-order valence-corrected chi connectivity index (χ2v) is 6.65. The lowest BCUT2D eigenvalue weighted by Crippen LogP contribution is -2.53. The van der Waals surface area contributed by atoms with E-state index in [9.17, 15) is 4.79 Å². The molecular formula is C18H23N5O2. The third-order valence-corrected chi connectivity index (χ3v) is 5.04. The number of piperazine rings is 1. The standard InChI is InChI=1S/C18H23N5O2/c1-2-16-20-17(25-21-16)13-5-7-14(8-6-13)19-18(24)23-11-10-22-9-3-4-15(22)12-23/h5-8,15H,2-4,9-12H2,1H3,(H,19,24). The molecule has 0 bridgehead atoms. The number of carbonyl (C=O) groups excluding carboxylic acids is 1. The maximum absolute atomic E-state index is 12.5. The van der Waals surface area contributed by atoms with Crippen LogP contribution < -0.4 is 5.32 Å². The number of aromatic nitrogens is 2. The first kappa shape index (κ1) is 16.1. The summed E-state index contributed by atoms with van der Waals surface area (Å²) in [6, 6.07) is 8.02.